The maximum absolute atomic E-state index is 12.2. The SMILES string of the molecule is CCC(CC)(CN)C(=O)Nc1ccn(CC(F)F)n1.Cl. The molecule has 0 aliphatic rings. The van der Waals surface area contributed by atoms with Crippen molar-refractivity contribution >= 4 is 24.1 Å². The molecule has 0 radical (unpaired) electrons. The van der Waals surface area contributed by atoms with Crippen molar-refractivity contribution in [2.24, 2.45) is 11.1 Å². The van der Waals surface area contributed by atoms with Gasteiger partial charge in [0.05, 0.1) is 5.41 Å². The number of carbonyl (C=O) groups excluding carboxylic acids is 1. The predicted octanol–water partition coefficient (Wildman–Crippen LogP) is 2.27. The van der Waals surface area contributed by atoms with Crippen molar-refractivity contribution in [3.8, 4) is 0 Å². The first-order valence-electron chi connectivity index (χ1n) is 6.30. The fraction of sp³-hybridized carbons (Fsp3) is 0.667. The monoisotopic (exact) mass is 310 g/mol. The highest BCUT2D eigenvalue weighted by Gasteiger charge is 2.33. The molecule has 1 aromatic rings. The van der Waals surface area contributed by atoms with Gasteiger partial charge in [0.25, 0.3) is 6.43 Å². The topological polar surface area (TPSA) is 72.9 Å². The summed E-state index contributed by atoms with van der Waals surface area (Å²) in [7, 11) is 0. The van der Waals surface area contributed by atoms with Gasteiger partial charge in [-0.25, -0.2) is 8.78 Å². The van der Waals surface area contributed by atoms with Crippen LogP contribution < -0.4 is 11.1 Å². The van der Waals surface area contributed by atoms with E-state index in [1.165, 1.54) is 12.3 Å². The minimum absolute atomic E-state index is 0. The van der Waals surface area contributed by atoms with Crippen molar-refractivity contribution < 1.29 is 13.6 Å². The van der Waals surface area contributed by atoms with Crippen LogP contribution in [0.25, 0.3) is 0 Å². The van der Waals surface area contributed by atoms with Crippen LogP contribution in [0.4, 0.5) is 14.6 Å². The van der Waals surface area contributed by atoms with Gasteiger partial charge in [-0.05, 0) is 12.8 Å². The van der Waals surface area contributed by atoms with E-state index in [4.69, 9.17) is 5.73 Å². The Hall–Kier alpha value is -1.21. The molecule has 20 heavy (non-hydrogen) atoms. The van der Waals surface area contributed by atoms with E-state index in [0.29, 0.717) is 12.8 Å². The number of anilines is 1. The molecule has 0 unspecified atom stereocenters. The van der Waals surface area contributed by atoms with E-state index in [9.17, 15) is 13.6 Å². The molecular formula is C12H21ClF2N4O. The van der Waals surface area contributed by atoms with E-state index in [-0.39, 0.29) is 30.7 Å². The zero-order chi connectivity index (χ0) is 14.5. The molecular weight excluding hydrogens is 290 g/mol. The van der Waals surface area contributed by atoms with Crippen LogP contribution in [0.5, 0.6) is 0 Å². The highest BCUT2D eigenvalue weighted by Crippen LogP contribution is 2.26. The first kappa shape index (κ1) is 18.8. The van der Waals surface area contributed by atoms with Crippen LogP contribution in [0.1, 0.15) is 26.7 Å². The number of nitrogens with one attached hydrogen (secondary N) is 1. The van der Waals surface area contributed by atoms with Crippen LogP contribution in [-0.4, -0.2) is 28.7 Å². The van der Waals surface area contributed by atoms with Gasteiger partial charge in [0.15, 0.2) is 5.82 Å². The van der Waals surface area contributed by atoms with Gasteiger partial charge in [0, 0.05) is 18.8 Å². The quantitative estimate of drug-likeness (QED) is 0.811. The number of hydrogen-bond donors (Lipinski definition) is 2. The van der Waals surface area contributed by atoms with E-state index in [1.807, 2.05) is 13.8 Å². The summed E-state index contributed by atoms with van der Waals surface area (Å²) in [6.45, 7) is 3.54. The summed E-state index contributed by atoms with van der Waals surface area (Å²) in [5, 5.41) is 6.50. The molecule has 0 saturated carbocycles. The largest absolute Gasteiger partial charge is 0.329 e. The summed E-state index contributed by atoms with van der Waals surface area (Å²) in [5.74, 6) is 0.0488. The lowest BCUT2D eigenvalue weighted by atomic mass is 9.81. The van der Waals surface area contributed by atoms with Crippen molar-refractivity contribution in [2.45, 2.75) is 39.7 Å². The average Bonchev–Trinajstić information content (AvgIpc) is 2.78. The Kier molecular flexibility index (Phi) is 7.67. The second kappa shape index (κ2) is 8.16. The van der Waals surface area contributed by atoms with Crippen LogP contribution >= 0.6 is 12.4 Å². The molecule has 0 aliphatic heterocycles. The molecule has 0 aromatic carbocycles. The lowest BCUT2D eigenvalue weighted by Gasteiger charge is -2.27. The Morgan fingerprint density at radius 1 is 1.50 bits per heavy atom. The Morgan fingerprint density at radius 2 is 2.10 bits per heavy atom. The second-order valence-electron chi connectivity index (χ2n) is 4.46. The van der Waals surface area contributed by atoms with E-state index in [2.05, 4.69) is 10.4 Å². The highest BCUT2D eigenvalue weighted by molar-refractivity contribution is 5.94. The van der Waals surface area contributed by atoms with Crippen LogP contribution in [0, 0.1) is 5.41 Å². The Bertz CT molecular complexity index is 413. The number of carbonyl (C=O) groups is 1. The smallest absolute Gasteiger partial charge is 0.257 e. The third-order valence-electron chi connectivity index (χ3n) is 3.43. The molecule has 0 fully saturated rings. The van der Waals surface area contributed by atoms with E-state index >= 15 is 0 Å². The normalized spacial score (nSPS) is 11.3. The van der Waals surface area contributed by atoms with Crippen LogP contribution in [0.3, 0.4) is 0 Å². The zero-order valence-corrected chi connectivity index (χ0v) is 12.4. The Balaban J connectivity index is 0.00000361. The second-order valence-corrected chi connectivity index (χ2v) is 4.46. The molecule has 8 heteroatoms. The number of nitrogens with two attached hydrogens (primary N) is 1. The van der Waals surface area contributed by atoms with Gasteiger partial charge in [-0.2, -0.15) is 5.10 Å². The molecule has 116 valence electrons. The highest BCUT2D eigenvalue weighted by atomic mass is 35.5. The van der Waals surface area contributed by atoms with Gasteiger partial charge in [-0.1, -0.05) is 13.8 Å². The molecule has 1 rings (SSSR count). The van der Waals surface area contributed by atoms with E-state index < -0.39 is 18.4 Å². The molecule has 3 N–H and O–H groups in total. The van der Waals surface area contributed by atoms with Crippen LogP contribution in [0.2, 0.25) is 0 Å². The Labute approximate surface area is 123 Å². The van der Waals surface area contributed by atoms with Gasteiger partial charge in [-0.15, -0.1) is 12.4 Å². The van der Waals surface area contributed by atoms with Gasteiger partial charge < -0.3 is 11.1 Å². The number of aromatic nitrogens is 2. The summed E-state index contributed by atoms with van der Waals surface area (Å²) >= 11 is 0. The Morgan fingerprint density at radius 3 is 2.55 bits per heavy atom. The number of hydrogen-bond acceptors (Lipinski definition) is 3. The first-order chi connectivity index (χ1) is 8.97. The minimum atomic E-state index is -2.47. The van der Waals surface area contributed by atoms with Crippen LogP contribution in [-0.2, 0) is 11.3 Å². The standard InChI is InChI=1S/C12H20F2N4O.ClH/c1-3-12(4-2,8-15)11(19)16-10-5-6-18(17-10)7-9(13)14;/h5-6,9H,3-4,7-8,15H2,1-2H3,(H,16,17,19);1H. The number of amides is 1. The van der Waals surface area contributed by atoms with Gasteiger partial charge in [-0.3, -0.25) is 9.48 Å². The van der Waals surface area contributed by atoms with Crippen molar-refractivity contribution in [1.29, 1.82) is 0 Å². The van der Waals surface area contributed by atoms with Gasteiger partial charge in [0.2, 0.25) is 5.91 Å². The molecule has 5 nitrogen and oxygen atoms in total. The average molecular weight is 311 g/mol. The zero-order valence-electron chi connectivity index (χ0n) is 11.6. The minimum Gasteiger partial charge on any atom is -0.329 e. The van der Waals surface area contributed by atoms with Crippen LogP contribution in [0.15, 0.2) is 12.3 Å². The molecule has 0 spiro atoms. The summed E-state index contributed by atoms with van der Waals surface area (Å²) in [6.07, 6.45) is 0.162. The summed E-state index contributed by atoms with van der Waals surface area (Å²) in [6, 6.07) is 1.49. The van der Waals surface area contributed by atoms with E-state index in [0.717, 1.165) is 4.68 Å². The molecule has 0 atom stereocenters. The molecule has 1 amide bonds. The fourth-order valence-electron chi connectivity index (χ4n) is 1.87. The maximum atomic E-state index is 12.2. The predicted molar refractivity (Wildman–Crippen MR) is 76.2 cm³/mol. The van der Waals surface area contributed by atoms with Crippen molar-refractivity contribution in [3.63, 3.8) is 0 Å². The molecule has 0 saturated heterocycles. The van der Waals surface area contributed by atoms with Crippen molar-refractivity contribution in [2.75, 3.05) is 11.9 Å². The van der Waals surface area contributed by atoms with Crippen molar-refractivity contribution in [1.82, 2.24) is 9.78 Å². The lowest BCUT2D eigenvalue weighted by molar-refractivity contribution is -0.125. The van der Waals surface area contributed by atoms with E-state index in [1.54, 1.807) is 0 Å². The molecule has 1 heterocycles. The fourth-order valence-corrected chi connectivity index (χ4v) is 1.87. The summed E-state index contributed by atoms with van der Waals surface area (Å²) in [5.41, 5.74) is 5.04. The van der Waals surface area contributed by atoms with Gasteiger partial charge in [0.1, 0.15) is 6.54 Å². The molecule has 0 aliphatic carbocycles. The number of rotatable bonds is 7. The van der Waals surface area contributed by atoms with Gasteiger partial charge >= 0.3 is 0 Å². The summed E-state index contributed by atoms with van der Waals surface area (Å²) < 4.78 is 25.5. The summed E-state index contributed by atoms with van der Waals surface area (Å²) in [4.78, 5) is 12.2. The lowest BCUT2D eigenvalue weighted by Crippen LogP contribution is -2.41. The number of nitrogens with zero attached hydrogens (tertiary/aromatic N) is 2. The molecule has 1 aromatic heterocycles. The molecule has 0 bridgehead atoms. The maximum Gasteiger partial charge on any atom is 0.257 e. The number of alkyl halides is 2. The third kappa shape index (κ3) is 4.42. The number of halogens is 3. The third-order valence-corrected chi connectivity index (χ3v) is 3.43. The first-order valence-corrected chi connectivity index (χ1v) is 6.30. The van der Waals surface area contributed by atoms with Crippen molar-refractivity contribution in [3.05, 3.63) is 12.3 Å².